The molecule has 0 aromatic heterocycles. The van der Waals surface area contributed by atoms with E-state index in [1.54, 1.807) is 4.90 Å². The fourth-order valence-corrected chi connectivity index (χ4v) is 4.10. The first-order valence-electron chi connectivity index (χ1n) is 8.78. The van der Waals surface area contributed by atoms with Crippen LogP contribution in [0.5, 0.6) is 0 Å². The van der Waals surface area contributed by atoms with E-state index in [4.69, 9.17) is 4.74 Å². The third kappa shape index (κ3) is 6.76. The largest absolute Gasteiger partial charge is 0.378 e. The molecule has 1 aliphatic heterocycles. The normalized spacial score (nSPS) is 16.8. The molecule has 1 N–H and O–H groups in total. The fourth-order valence-electron chi connectivity index (χ4n) is 2.85. The number of benzene rings is 1. The van der Waals surface area contributed by atoms with Gasteiger partial charge in [0.05, 0.1) is 19.0 Å². The first-order valence-corrected chi connectivity index (χ1v) is 10.4. The zero-order chi connectivity index (χ0) is 18.3. The Bertz CT molecular complexity index is 640. The second-order valence-electron chi connectivity index (χ2n) is 6.79. The van der Waals surface area contributed by atoms with E-state index >= 15 is 0 Å². The van der Waals surface area contributed by atoms with Crippen molar-refractivity contribution in [2.45, 2.75) is 32.7 Å². The summed E-state index contributed by atoms with van der Waals surface area (Å²) in [7, 11) is -3.54. The van der Waals surface area contributed by atoms with Crippen molar-refractivity contribution in [2.75, 3.05) is 32.1 Å². The predicted molar refractivity (Wildman–Crippen MR) is 97.7 cm³/mol. The summed E-state index contributed by atoms with van der Waals surface area (Å²) >= 11 is 0. The van der Waals surface area contributed by atoms with Crippen LogP contribution in [0.3, 0.4) is 0 Å². The second kappa shape index (κ2) is 9.31. The topological polar surface area (TPSA) is 75.7 Å². The number of morpholine rings is 1. The standard InChI is InChI=1S/C18H28N2O4S/c1-15(2)14-17(18(21)20-9-11-24-12-10-20)19-25(22,23)13-8-16-6-4-3-5-7-16/h3-7,15,17,19H,8-14H2,1-2H3/t17-/m0/s1. The maximum Gasteiger partial charge on any atom is 0.240 e. The van der Waals surface area contributed by atoms with Crippen molar-refractivity contribution in [3.8, 4) is 0 Å². The Balaban J connectivity index is 2.00. The Morgan fingerprint density at radius 1 is 1.20 bits per heavy atom. The fraction of sp³-hybridized carbons (Fsp3) is 0.611. The van der Waals surface area contributed by atoms with E-state index in [0.717, 1.165) is 5.56 Å². The van der Waals surface area contributed by atoms with Crippen molar-refractivity contribution in [3.63, 3.8) is 0 Å². The smallest absolute Gasteiger partial charge is 0.240 e. The van der Waals surface area contributed by atoms with E-state index in [2.05, 4.69) is 4.72 Å². The number of sulfonamides is 1. The SMILES string of the molecule is CC(C)C[C@H](NS(=O)(=O)CCc1ccccc1)C(=O)N1CCOCC1. The van der Waals surface area contributed by atoms with E-state index in [0.29, 0.717) is 39.1 Å². The zero-order valence-corrected chi connectivity index (χ0v) is 15.8. The second-order valence-corrected chi connectivity index (χ2v) is 8.67. The van der Waals surface area contributed by atoms with Gasteiger partial charge in [-0.1, -0.05) is 44.2 Å². The lowest BCUT2D eigenvalue weighted by Crippen LogP contribution is -2.52. The van der Waals surface area contributed by atoms with Crippen LogP contribution in [0.2, 0.25) is 0 Å². The Labute approximate surface area is 150 Å². The monoisotopic (exact) mass is 368 g/mol. The van der Waals surface area contributed by atoms with Gasteiger partial charge in [0.1, 0.15) is 6.04 Å². The lowest BCUT2D eigenvalue weighted by Gasteiger charge is -2.31. The quantitative estimate of drug-likeness (QED) is 0.753. The lowest BCUT2D eigenvalue weighted by molar-refractivity contribution is -0.137. The van der Waals surface area contributed by atoms with Crippen LogP contribution < -0.4 is 4.72 Å². The average Bonchev–Trinajstić information content (AvgIpc) is 2.60. The summed E-state index contributed by atoms with van der Waals surface area (Å²) in [5.74, 6) is 0.0363. The van der Waals surface area contributed by atoms with Crippen LogP contribution in [0.25, 0.3) is 0 Å². The number of rotatable bonds is 8. The summed E-state index contributed by atoms with van der Waals surface area (Å²) in [6, 6.07) is 8.77. The van der Waals surface area contributed by atoms with Gasteiger partial charge in [0.15, 0.2) is 0 Å². The van der Waals surface area contributed by atoms with E-state index in [-0.39, 0.29) is 17.6 Å². The molecule has 0 saturated carbocycles. The van der Waals surface area contributed by atoms with Crippen LogP contribution in [0.15, 0.2) is 30.3 Å². The highest BCUT2D eigenvalue weighted by Gasteiger charge is 2.29. The van der Waals surface area contributed by atoms with Gasteiger partial charge in [-0.2, -0.15) is 0 Å². The number of aryl methyl sites for hydroxylation is 1. The van der Waals surface area contributed by atoms with E-state index in [1.807, 2.05) is 44.2 Å². The summed E-state index contributed by atoms with van der Waals surface area (Å²) in [6.45, 7) is 6.00. The Hall–Kier alpha value is -1.44. The molecule has 0 unspecified atom stereocenters. The van der Waals surface area contributed by atoms with Gasteiger partial charge in [-0.15, -0.1) is 0 Å². The average molecular weight is 368 g/mol. The van der Waals surface area contributed by atoms with Gasteiger partial charge >= 0.3 is 0 Å². The van der Waals surface area contributed by atoms with Crippen molar-refractivity contribution in [1.29, 1.82) is 0 Å². The molecule has 1 amide bonds. The van der Waals surface area contributed by atoms with Crippen LogP contribution in [-0.4, -0.2) is 57.3 Å². The van der Waals surface area contributed by atoms with Crippen LogP contribution in [0, 0.1) is 5.92 Å². The minimum absolute atomic E-state index is 0.0258. The molecule has 1 aromatic rings. The Morgan fingerprint density at radius 3 is 2.44 bits per heavy atom. The molecule has 1 aromatic carbocycles. The minimum atomic E-state index is -3.54. The summed E-state index contributed by atoms with van der Waals surface area (Å²) in [6.07, 6.45) is 0.914. The molecule has 1 fully saturated rings. The molecule has 140 valence electrons. The summed E-state index contributed by atoms with van der Waals surface area (Å²) < 4.78 is 32.9. The molecule has 0 aliphatic carbocycles. The van der Waals surface area contributed by atoms with Crippen LogP contribution in [0.4, 0.5) is 0 Å². The number of carbonyl (C=O) groups is 1. The maximum absolute atomic E-state index is 12.7. The molecule has 1 atom stereocenters. The van der Waals surface area contributed by atoms with Crippen LogP contribution in [-0.2, 0) is 26.0 Å². The Kier molecular flexibility index (Phi) is 7.40. The zero-order valence-electron chi connectivity index (χ0n) is 15.0. The van der Waals surface area contributed by atoms with Crippen molar-refractivity contribution < 1.29 is 17.9 Å². The molecule has 0 spiro atoms. The molecule has 2 rings (SSSR count). The van der Waals surface area contributed by atoms with Crippen molar-refractivity contribution in [2.24, 2.45) is 5.92 Å². The maximum atomic E-state index is 12.7. The van der Waals surface area contributed by atoms with E-state index in [9.17, 15) is 13.2 Å². The third-order valence-electron chi connectivity index (χ3n) is 4.15. The molecule has 1 heterocycles. The minimum Gasteiger partial charge on any atom is -0.378 e. The van der Waals surface area contributed by atoms with Gasteiger partial charge in [-0.3, -0.25) is 4.79 Å². The molecule has 6 nitrogen and oxygen atoms in total. The van der Waals surface area contributed by atoms with Gasteiger partial charge in [0.25, 0.3) is 0 Å². The molecule has 25 heavy (non-hydrogen) atoms. The van der Waals surface area contributed by atoms with Gasteiger partial charge in [-0.25, -0.2) is 13.1 Å². The van der Waals surface area contributed by atoms with Crippen LogP contribution >= 0.6 is 0 Å². The number of carbonyl (C=O) groups excluding carboxylic acids is 1. The van der Waals surface area contributed by atoms with Crippen molar-refractivity contribution in [1.82, 2.24) is 9.62 Å². The predicted octanol–water partition coefficient (Wildman–Crippen LogP) is 1.42. The number of nitrogens with zero attached hydrogens (tertiary/aromatic N) is 1. The van der Waals surface area contributed by atoms with Gasteiger partial charge in [-0.05, 0) is 24.3 Å². The molecule has 0 bridgehead atoms. The van der Waals surface area contributed by atoms with E-state index < -0.39 is 16.1 Å². The first-order chi connectivity index (χ1) is 11.9. The number of amides is 1. The summed E-state index contributed by atoms with van der Waals surface area (Å²) in [5.41, 5.74) is 0.966. The molecule has 7 heteroatoms. The molecule has 1 saturated heterocycles. The number of ether oxygens (including phenoxy) is 1. The Morgan fingerprint density at radius 2 is 1.84 bits per heavy atom. The van der Waals surface area contributed by atoms with Gasteiger partial charge < -0.3 is 9.64 Å². The first kappa shape index (κ1) is 19.9. The number of hydrogen-bond acceptors (Lipinski definition) is 4. The molecule has 1 aliphatic rings. The van der Waals surface area contributed by atoms with Crippen LogP contribution in [0.1, 0.15) is 25.8 Å². The van der Waals surface area contributed by atoms with E-state index in [1.165, 1.54) is 0 Å². The number of hydrogen-bond donors (Lipinski definition) is 1. The lowest BCUT2D eigenvalue weighted by atomic mass is 10.0. The molecular weight excluding hydrogens is 340 g/mol. The van der Waals surface area contributed by atoms with Crippen molar-refractivity contribution >= 4 is 15.9 Å². The van der Waals surface area contributed by atoms with Gasteiger partial charge in [0, 0.05) is 13.1 Å². The third-order valence-corrected chi connectivity index (χ3v) is 5.54. The summed E-state index contributed by atoms with van der Waals surface area (Å²) in [5, 5.41) is 0. The van der Waals surface area contributed by atoms with Gasteiger partial charge in [0.2, 0.25) is 15.9 Å². The van der Waals surface area contributed by atoms with Crippen molar-refractivity contribution in [3.05, 3.63) is 35.9 Å². The highest BCUT2D eigenvalue weighted by atomic mass is 32.2. The molecular formula is C18H28N2O4S. The number of nitrogens with one attached hydrogen (secondary N) is 1. The highest BCUT2D eigenvalue weighted by molar-refractivity contribution is 7.89. The summed E-state index contributed by atoms with van der Waals surface area (Å²) in [4.78, 5) is 14.4. The molecule has 0 radical (unpaired) electrons. The highest BCUT2D eigenvalue weighted by Crippen LogP contribution is 2.11.